The van der Waals surface area contributed by atoms with Crippen molar-refractivity contribution in [1.29, 1.82) is 0 Å². The molecule has 0 aromatic heterocycles. The van der Waals surface area contributed by atoms with Gasteiger partial charge in [-0.05, 0) is 24.5 Å². The molecule has 0 aliphatic carbocycles. The Kier molecular flexibility index (Phi) is 7.28. The van der Waals surface area contributed by atoms with Gasteiger partial charge in [0.25, 0.3) is 5.91 Å². The van der Waals surface area contributed by atoms with Crippen molar-refractivity contribution < 1.29 is 19.1 Å². The van der Waals surface area contributed by atoms with E-state index in [9.17, 15) is 9.59 Å². The average molecular weight is 389 g/mol. The SMILES string of the molecule is CC(C)C(CNC(=O)COc1cccc(N2CCCC2=O)c1)N1CCOCC1. The minimum atomic E-state index is -0.137. The number of nitrogens with one attached hydrogen (secondary N) is 1. The monoisotopic (exact) mass is 389 g/mol. The molecule has 7 nitrogen and oxygen atoms in total. The number of morpholine rings is 1. The lowest BCUT2D eigenvalue weighted by Gasteiger charge is -2.36. The molecular weight excluding hydrogens is 358 g/mol. The second-order valence-corrected chi connectivity index (χ2v) is 7.70. The number of nitrogens with zero attached hydrogens (tertiary/aromatic N) is 2. The van der Waals surface area contributed by atoms with Gasteiger partial charge in [-0.3, -0.25) is 14.5 Å². The van der Waals surface area contributed by atoms with Crippen LogP contribution in [-0.4, -0.2) is 68.8 Å². The summed E-state index contributed by atoms with van der Waals surface area (Å²) in [5.74, 6) is 1.04. The normalized spacial score (nSPS) is 19.1. The maximum Gasteiger partial charge on any atom is 0.257 e. The highest BCUT2D eigenvalue weighted by Crippen LogP contribution is 2.25. The molecule has 1 N–H and O–H groups in total. The summed E-state index contributed by atoms with van der Waals surface area (Å²) in [5, 5.41) is 3.00. The molecule has 0 spiro atoms. The van der Waals surface area contributed by atoms with E-state index in [-0.39, 0.29) is 24.5 Å². The van der Waals surface area contributed by atoms with Crippen molar-refractivity contribution in [3.8, 4) is 5.75 Å². The Morgan fingerprint density at radius 3 is 2.71 bits per heavy atom. The molecular formula is C21H31N3O4. The Morgan fingerprint density at radius 2 is 2.04 bits per heavy atom. The summed E-state index contributed by atoms with van der Waals surface area (Å²) < 4.78 is 11.1. The number of carbonyl (C=O) groups excluding carboxylic acids is 2. The van der Waals surface area contributed by atoms with E-state index in [1.54, 1.807) is 4.90 Å². The lowest BCUT2D eigenvalue weighted by molar-refractivity contribution is -0.123. The van der Waals surface area contributed by atoms with Crippen LogP contribution in [0.15, 0.2) is 24.3 Å². The first-order chi connectivity index (χ1) is 13.5. The first-order valence-corrected chi connectivity index (χ1v) is 10.2. The molecule has 1 aromatic rings. The van der Waals surface area contributed by atoms with Crippen LogP contribution >= 0.6 is 0 Å². The van der Waals surface area contributed by atoms with Crippen LogP contribution < -0.4 is 15.0 Å². The van der Waals surface area contributed by atoms with E-state index >= 15 is 0 Å². The summed E-state index contributed by atoms with van der Waals surface area (Å²) in [6, 6.07) is 7.66. The molecule has 0 saturated carbocycles. The first kappa shape index (κ1) is 20.6. The highest BCUT2D eigenvalue weighted by Gasteiger charge is 2.24. The molecule has 3 rings (SSSR count). The van der Waals surface area contributed by atoms with Crippen LogP contribution in [0.1, 0.15) is 26.7 Å². The minimum Gasteiger partial charge on any atom is -0.484 e. The van der Waals surface area contributed by atoms with Crippen molar-refractivity contribution >= 4 is 17.5 Å². The maximum atomic E-state index is 12.3. The Balaban J connectivity index is 1.48. The van der Waals surface area contributed by atoms with E-state index in [0.717, 1.165) is 45.0 Å². The highest BCUT2D eigenvalue weighted by molar-refractivity contribution is 5.95. The Hall–Kier alpha value is -2.12. The standard InChI is InChI=1S/C21H31N3O4/c1-16(2)19(23-9-11-27-12-10-23)14-22-20(25)15-28-18-6-3-5-17(13-18)24-8-4-7-21(24)26/h3,5-6,13,16,19H,4,7-12,14-15H2,1-2H3,(H,22,25). The van der Waals surface area contributed by atoms with Crippen LogP contribution in [-0.2, 0) is 14.3 Å². The van der Waals surface area contributed by atoms with Gasteiger partial charge < -0.3 is 19.7 Å². The zero-order valence-electron chi connectivity index (χ0n) is 16.9. The van der Waals surface area contributed by atoms with Gasteiger partial charge in [0.2, 0.25) is 5.91 Å². The topological polar surface area (TPSA) is 71.1 Å². The molecule has 2 heterocycles. The number of benzene rings is 1. The van der Waals surface area contributed by atoms with Crippen LogP contribution in [0.4, 0.5) is 5.69 Å². The van der Waals surface area contributed by atoms with E-state index in [0.29, 0.717) is 24.6 Å². The van der Waals surface area contributed by atoms with Crippen molar-refractivity contribution in [2.45, 2.75) is 32.7 Å². The van der Waals surface area contributed by atoms with Gasteiger partial charge in [0.1, 0.15) is 5.75 Å². The van der Waals surface area contributed by atoms with Crippen LogP contribution in [0.3, 0.4) is 0 Å². The number of hydrogen-bond acceptors (Lipinski definition) is 5. The number of ether oxygens (including phenoxy) is 2. The summed E-state index contributed by atoms with van der Waals surface area (Å²) in [6.07, 6.45) is 1.47. The van der Waals surface area contributed by atoms with Gasteiger partial charge in [0.05, 0.1) is 13.2 Å². The van der Waals surface area contributed by atoms with E-state index in [2.05, 4.69) is 24.1 Å². The van der Waals surface area contributed by atoms with Crippen molar-refractivity contribution in [2.24, 2.45) is 5.92 Å². The summed E-state index contributed by atoms with van der Waals surface area (Å²) in [7, 11) is 0. The van der Waals surface area contributed by atoms with Gasteiger partial charge in [-0.25, -0.2) is 0 Å². The van der Waals surface area contributed by atoms with Crippen molar-refractivity contribution in [2.75, 3.05) is 50.9 Å². The predicted octanol–water partition coefficient (Wildman–Crippen LogP) is 1.67. The van der Waals surface area contributed by atoms with Crippen LogP contribution in [0, 0.1) is 5.92 Å². The van der Waals surface area contributed by atoms with Crippen LogP contribution in [0.5, 0.6) is 5.75 Å². The van der Waals surface area contributed by atoms with Crippen LogP contribution in [0.25, 0.3) is 0 Å². The highest BCUT2D eigenvalue weighted by atomic mass is 16.5. The lowest BCUT2D eigenvalue weighted by atomic mass is 10.0. The lowest BCUT2D eigenvalue weighted by Crippen LogP contribution is -2.51. The molecule has 28 heavy (non-hydrogen) atoms. The molecule has 1 aromatic carbocycles. The maximum absolute atomic E-state index is 12.3. The number of rotatable bonds is 8. The number of carbonyl (C=O) groups is 2. The van der Waals surface area contributed by atoms with E-state index in [4.69, 9.17) is 9.47 Å². The van der Waals surface area contributed by atoms with E-state index in [1.165, 1.54) is 0 Å². The molecule has 2 aliphatic rings. The van der Waals surface area contributed by atoms with Gasteiger partial charge in [-0.15, -0.1) is 0 Å². The molecule has 7 heteroatoms. The molecule has 2 saturated heterocycles. The number of anilines is 1. The third kappa shape index (κ3) is 5.45. The largest absolute Gasteiger partial charge is 0.484 e. The minimum absolute atomic E-state index is 0.0364. The Bertz CT molecular complexity index is 673. The van der Waals surface area contributed by atoms with Crippen molar-refractivity contribution in [3.05, 3.63) is 24.3 Å². The third-order valence-electron chi connectivity index (χ3n) is 5.37. The molecule has 2 fully saturated rings. The summed E-state index contributed by atoms with van der Waals surface area (Å²) in [5.41, 5.74) is 0.826. The average Bonchev–Trinajstić information content (AvgIpc) is 3.13. The van der Waals surface area contributed by atoms with Gasteiger partial charge in [0.15, 0.2) is 6.61 Å². The molecule has 2 amide bonds. The Morgan fingerprint density at radius 1 is 1.25 bits per heavy atom. The quantitative estimate of drug-likeness (QED) is 0.732. The molecule has 0 bridgehead atoms. The molecule has 1 unspecified atom stereocenters. The summed E-state index contributed by atoms with van der Waals surface area (Å²) >= 11 is 0. The third-order valence-corrected chi connectivity index (χ3v) is 5.37. The molecule has 154 valence electrons. The number of hydrogen-bond donors (Lipinski definition) is 1. The predicted molar refractivity (Wildman–Crippen MR) is 108 cm³/mol. The fraction of sp³-hybridized carbons (Fsp3) is 0.619. The Labute approximate surface area is 167 Å². The molecule has 1 atom stereocenters. The smallest absolute Gasteiger partial charge is 0.257 e. The second kappa shape index (κ2) is 9.89. The number of amides is 2. The van der Waals surface area contributed by atoms with E-state index in [1.807, 2.05) is 24.3 Å². The summed E-state index contributed by atoms with van der Waals surface area (Å²) in [4.78, 5) is 28.3. The van der Waals surface area contributed by atoms with Gasteiger partial charge in [-0.1, -0.05) is 19.9 Å². The zero-order valence-corrected chi connectivity index (χ0v) is 16.9. The molecule has 2 aliphatic heterocycles. The fourth-order valence-electron chi connectivity index (χ4n) is 3.78. The fourth-order valence-corrected chi connectivity index (χ4v) is 3.78. The zero-order chi connectivity index (χ0) is 19.9. The van der Waals surface area contributed by atoms with Crippen molar-refractivity contribution in [3.63, 3.8) is 0 Å². The van der Waals surface area contributed by atoms with Gasteiger partial charge in [0, 0.05) is 50.4 Å². The first-order valence-electron chi connectivity index (χ1n) is 10.2. The second-order valence-electron chi connectivity index (χ2n) is 7.70. The van der Waals surface area contributed by atoms with Crippen LogP contribution in [0.2, 0.25) is 0 Å². The van der Waals surface area contributed by atoms with Gasteiger partial charge >= 0.3 is 0 Å². The van der Waals surface area contributed by atoms with Gasteiger partial charge in [-0.2, -0.15) is 0 Å². The summed E-state index contributed by atoms with van der Waals surface area (Å²) in [6.45, 7) is 8.94. The molecule has 0 radical (unpaired) electrons. The van der Waals surface area contributed by atoms with Crippen molar-refractivity contribution in [1.82, 2.24) is 10.2 Å². The van der Waals surface area contributed by atoms with E-state index < -0.39 is 0 Å².